The number of carbonyl (C=O) groups is 2. The molecule has 1 aromatic heterocycles. The molecule has 2 rings (SSSR count). The number of aliphatic carboxylic acids is 1. The summed E-state index contributed by atoms with van der Waals surface area (Å²) in [5.74, 6) is -1.38. The van der Waals surface area contributed by atoms with Gasteiger partial charge in [0, 0.05) is 0 Å². The highest BCUT2D eigenvalue weighted by atomic mass is 19.4. The molecule has 1 amide bonds. The molecule has 0 aliphatic carbocycles. The maximum absolute atomic E-state index is 12.5. The van der Waals surface area contributed by atoms with E-state index in [2.05, 4.69) is 15.4 Å². The van der Waals surface area contributed by atoms with E-state index in [-0.39, 0.29) is 6.54 Å². The average molecular weight is 372 g/mol. The first-order chi connectivity index (χ1) is 12.2. The molecule has 11 heteroatoms. The molecule has 2 N–H and O–H groups in total. The Bertz CT molecular complexity index is 747. The SMILES string of the molecule is C[C@H](NC(=O)O[C@H](Cn1cncn1)C(=O)O)c1ccc(C(F)(F)F)cc1. The topological polar surface area (TPSA) is 106 Å². The number of ether oxygens (including phenoxy) is 1. The molecule has 0 fully saturated rings. The lowest BCUT2D eigenvalue weighted by atomic mass is 10.1. The van der Waals surface area contributed by atoms with Crippen LogP contribution in [0.5, 0.6) is 0 Å². The van der Waals surface area contributed by atoms with E-state index in [0.717, 1.165) is 12.1 Å². The molecule has 2 aromatic rings. The van der Waals surface area contributed by atoms with E-state index < -0.39 is 35.9 Å². The molecule has 1 heterocycles. The molecular formula is C15H15F3N4O4. The molecular weight excluding hydrogens is 357 g/mol. The Morgan fingerprint density at radius 1 is 1.31 bits per heavy atom. The Morgan fingerprint density at radius 3 is 2.46 bits per heavy atom. The van der Waals surface area contributed by atoms with Crippen molar-refractivity contribution in [1.82, 2.24) is 20.1 Å². The van der Waals surface area contributed by atoms with Gasteiger partial charge in [0.2, 0.25) is 6.10 Å². The highest BCUT2D eigenvalue weighted by molar-refractivity contribution is 5.77. The smallest absolute Gasteiger partial charge is 0.416 e. The number of halogens is 3. The molecule has 0 spiro atoms. The second-order valence-electron chi connectivity index (χ2n) is 5.34. The van der Waals surface area contributed by atoms with Gasteiger partial charge in [-0.1, -0.05) is 12.1 Å². The van der Waals surface area contributed by atoms with Gasteiger partial charge in [-0.25, -0.2) is 19.3 Å². The van der Waals surface area contributed by atoms with Crippen molar-refractivity contribution in [3.8, 4) is 0 Å². The number of hydrogen-bond donors (Lipinski definition) is 2. The van der Waals surface area contributed by atoms with Crippen molar-refractivity contribution in [3.63, 3.8) is 0 Å². The van der Waals surface area contributed by atoms with Gasteiger partial charge in [-0.15, -0.1) is 0 Å². The second-order valence-corrected chi connectivity index (χ2v) is 5.34. The zero-order chi connectivity index (χ0) is 19.3. The maximum Gasteiger partial charge on any atom is 0.416 e. The predicted molar refractivity (Wildman–Crippen MR) is 80.9 cm³/mol. The maximum atomic E-state index is 12.5. The Labute approximate surface area is 145 Å². The molecule has 8 nitrogen and oxygen atoms in total. The summed E-state index contributed by atoms with van der Waals surface area (Å²) < 4.78 is 43.7. The Balaban J connectivity index is 1.95. The lowest BCUT2D eigenvalue weighted by Crippen LogP contribution is -2.37. The van der Waals surface area contributed by atoms with E-state index in [0.29, 0.717) is 5.56 Å². The number of alkyl carbamates (subject to hydrolysis) is 1. The van der Waals surface area contributed by atoms with Crippen LogP contribution in [0.1, 0.15) is 24.1 Å². The van der Waals surface area contributed by atoms with Crippen LogP contribution >= 0.6 is 0 Å². The number of aromatic nitrogens is 3. The van der Waals surface area contributed by atoms with Crippen molar-refractivity contribution >= 4 is 12.1 Å². The molecule has 2 atom stereocenters. The van der Waals surface area contributed by atoms with Crippen LogP contribution < -0.4 is 5.32 Å². The van der Waals surface area contributed by atoms with Crippen molar-refractivity contribution in [3.05, 3.63) is 48.0 Å². The number of carbonyl (C=O) groups excluding carboxylic acids is 1. The van der Waals surface area contributed by atoms with E-state index >= 15 is 0 Å². The van der Waals surface area contributed by atoms with E-state index in [9.17, 15) is 22.8 Å². The summed E-state index contributed by atoms with van der Waals surface area (Å²) in [5, 5.41) is 15.2. The number of nitrogens with one attached hydrogen (secondary N) is 1. The fourth-order valence-electron chi connectivity index (χ4n) is 2.05. The van der Waals surface area contributed by atoms with Gasteiger partial charge in [-0.2, -0.15) is 18.3 Å². The summed E-state index contributed by atoms with van der Waals surface area (Å²) in [6.45, 7) is 1.29. The zero-order valence-electron chi connectivity index (χ0n) is 13.5. The highest BCUT2D eigenvalue weighted by Crippen LogP contribution is 2.29. The number of alkyl halides is 3. The first kappa shape index (κ1) is 19.2. The van der Waals surface area contributed by atoms with E-state index in [1.54, 1.807) is 0 Å². The minimum atomic E-state index is -4.45. The molecule has 0 bridgehead atoms. The van der Waals surface area contributed by atoms with Gasteiger partial charge < -0.3 is 15.2 Å². The number of amides is 1. The van der Waals surface area contributed by atoms with Crippen molar-refractivity contribution in [2.45, 2.75) is 31.8 Å². The van der Waals surface area contributed by atoms with Gasteiger partial charge in [0.05, 0.1) is 18.2 Å². The zero-order valence-corrected chi connectivity index (χ0v) is 13.5. The highest BCUT2D eigenvalue weighted by Gasteiger charge is 2.30. The monoisotopic (exact) mass is 372 g/mol. The largest absolute Gasteiger partial charge is 0.478 e. The van der Waals surface area contributed by atoms with Gasteiger partial charge in [-0.05, 0) is 24.6 Å². The normalized spacial score (nSPS) is 13.7. The van der Waals surface area contributed by atoms with Crippen LogP contribution in [0.2, 0.25) is 0 Å². The van der Waals surface area contributed by atoms with E-state index in [4.69, 9.17) is 9.84 Å². The molecule has 0 aliphatic heterocycles. The third-order valence-electron chi connectivity index (χ3n) is 3.42. The predicted octanol–water partition coefficient (Wildman–Crippen LogP) is 2.24. The molecule has 0 unspecified atom stereocenters. The first-order valence-electron chi connectivity index (χ1n) is 7.36. The lowest BCUT2D eigenvalue weighted by molar-refractivity contribution is -0.147. The summed E-state index contributed by atoms with van der Waals surface area (Å²) in [7, 11) is 0. The summed E-state index contributed by atoms with van der Waals surface area (Å²) in [4.78, 5) is 26.7. The Kier molecular flexibility index (Phi) is 5.80. The van der Waals surface area contributed by atoms with Gasteiger partial charge >= 0.3 is 18.2 Å². The van der Waals surface area contributed by atoms with Gasteiger partial charge in [0.1, 0.15) is 12.7 Å². The van der Waals surface area contributed by atoms with Crippen LogP contribution in [-0.4, -0.2) is 38.0 Å². The number of benzene rings is 1. The summed E-state index contributed by atoms with van der Waals surface area (Å²) in [5.41, 5.74) is -0.409. The molecule has 1 aromatic carbocycles. The summed E-state index contributed by atoms with van der Waals surface area (Å²) >= 11 is 0. The second kappa shape index (κ2) is 7.85. The van der Waals surface area contributed by atoms with Gasteiger partial charge in [0.15, 0.2) is 0 Å². The third-order valence-corrected chi connectivity index (χ3v) is 3.42. The number of nitrogens with zero attached hydrogens (tertiary/aromatic N) is 3. The van der Waals surface area contributed by atoms with Crippen molar-refractivity contribution in [1.29, 1.82) is 0 Å². The van der Waals surface area contributed by atoms with Crippen LogP contribution in [0.3, 0.4) is 0 Å². The minimum Gasteiger partial charge on any atom is -0.478 e. The van der Waals surface area contributed by atoms with Crippen LogP contribution in [0.4, 0.5) is 18.0 Å². The number of rotatable bonds is 6. The fraction of sp³-hybridized carbons (Fsp3) is 0.333. The number of hydrogen-bond acceptors (Lipinski definition) is 5. The van der Waals surface area contributed by atoms with Crippen molar-refractivity contribution in [2.24, 2.45) is 0 Å². The molecule has 0 radical (unpaired) electrons. The third kappa shape index (κ3) is 5.19. The van der Waals surface area contributed by atoms with E-state index in [1.165, 1.54) is 36.4 Å². The average Bonchev–Trinajstić information content (AvgIpc) is 3.06. The van der Waals surface area contributed by atoms with Crippen molar-refractivity contribution < 1.29 is 32.6 Å². The molecule has 0 saturated carbocycles. The van der Waals surface area contributed by atoms with Crippen LogP contribution in [0, 0.1) is 0 Å². The number of carboxylic acids is 1. The Hall–Kier alpha value is -3.11. The fourth-order valence-corrected chi connectivity index (χ4v) is 2.05. The van der Waals surface area contributed by atoms with Crippen LogP contribution in [0.25, 0.3) is 0 Å². The number of carboxylic acid groups (broad SMARTS) is 1. The molecule has 0 aliphatic rings. The quantitative estimate of drug-likeness (QED) is 0.806. The first-order valence-corrected chi connectivity index (χ1v) is 7.36. The minimum absolute atomic E-state index is 0.239. The summed E-state index contributed by atoms with van der Waals surface area (Å²) in [6.07, 6.45) is -4.51. The van der Waals surface area contributed by atoms with Crippen LogP contribution in [-0.2, 0) is 22.3 Å². The molecule has 140 valence electrons. The van der Waals surface area contributed by atoms with Gasteiger partial charge in [0.25, 0.3) is 0 Å². The summed E-state index contributed by atoms with van der Waals surface area (Å²) in [6, 6.07) is 3.54. The van der Waals surface area contributed by atoms with Gasteiger partial charge in [-0.3, -0.25) is 0 Å². The molecule has 0 saturated heterocycles. The lowest BCUT2D eigenvalue weighted by Gasteiger charge is -2.18. The van der Waals surface area contributed by atoms with Crippen molar-refractivity contribution in [2.75, 3.05) is 0 Å². The van der Waals surface area contributed by atoms with Crippen LogP contribution in [0.15, 0.2) is 36.9 Å². The standard InChI is InChI=1S/C15H15F3N4O4/c1-9(10-2-4-11(5-3-10)15(16,17)18)21-14(25)26-12(13(23)24)6-22-8-19-7-20-22/h2-5,7-9,12H,6H2,1H3,(H,21,25)(H,23,24)/t9-,12+/m0/s1. The van der Waals surface area contributed by atoms with E-state index in [1.807, 2.05) is 0 Å². The molecule has 26 heavy (non-hydrogen) atoms. The Morgan fingerprint density at radius 2 is 1.96 bits per heavy atom.